The van der Waals surface area contributed by atoms with Gasteiger partial charge in [0.2, 0.25) is 0 Å². The Morgan fingerprint density at radius 2 is 2.20 bits per heavy atom. The molecule has 1 aromatic heterocycles. The van der Waals surface area contributed by atoms with Crippen molar-refractivity contribution in [3.8, 4) is 0 Å². The molecule has 0 radical (unpaired) electrons. The lowest BCUT2D eigenvalue weighted by Gasteiger charge is -2.33. The van der Waals surface area contributed by atoms with E-state index in [0.29, 0.717) is 6.04 Å². The van der Waals surface area contributed by atoms with Crippen LogP contribution in [0.1, 0.15) is 44.9 Å². The van der Waals surface area contributed by atoms with E-state index in [4.69, 9.17) is 0 Å². The molecule has 0 aromatic carbocycles. The van der Waals surface area contributed by atoms with Gasteiger partial charge in [-0.25, -0.2) is 0 Å². The molecule has 5 heteroatoms. The average molecular weight is 277 g/mol. The van der Waals surface area contributed by atoms with Crippen LogP contribution in [0.3, 0.4) is 0 Å². The van der Waals surface area contributed by atoms with E-state index in [1.165, 1.54) is 32.1 Å². The van der Waals surface area contributed by atoms with Gasteiger partial charge in [0.15, 0.2) is 0 Å². The highest BCUT2D eigenvalue weighted by molar-refractivity contribution is 4.92. The van der Waals surface area contributed by atoms with Gasteiger partial charge in [0, 0.05) is 25.7 Å². The molecule has 1 aliphatic heterocycles. The topological polar surface area (TPSA) is 46.0 Å². The van der Waals surface area contributed by atoms with Crippen molar-refractivity contribution in [2.75, 3.05) is 19.6 Å². The molecule has 112 valence electrons. The largest absolute Gasteiger partial charge is 0.315 e. The predicted octanol–water partition coefficient (Wildman–Crippen LogP) is 1.65. The molecule has 0 amide bonds. The molecule has 1 N–H and O–H groups in total. The zero-order valence-electron chi connectivity index (χ0n) is 12.6. The number of hydrogen-bond donors (Lipinski definition) is 1. The fraction of sp³-hybridized carbons (Fsp3) is 0.867. The SMILES string of the molecule is CCCNC(CN1CCn2cnnc2C1)C1CCCC1. The Morgan fingerprint density at radius 1 is 1.35 bits per heavy atom. The smallest absolute Gasteiger partial charge is 0.147 e. The van der Waals surface area contributed by atoms with Crippen LogP contribution < -0.4 is 5.32 Å². The zero-order chi connectivity index (χ0) is 13.8. The maximum atomic E-state index is 4.22. The van der Waals surface area contributed by atoms with Crippen LogP contribution in [0, 0.1) is 5.92 Å². The lowest BCUT2D eigenvalue weighted by atomic mass is 9.97. The fourth-order valence-electron chi connectivity index (χ4n) is 3.62. The molecule has 1 unspecified atom stereocenters. The molecule has 0 spiro atoms. The maximum absolute atomic E-state index is 4.22. The van der Waals surface area contributed by atoms with Crippen molar-refractivity contribution < 1.29 is 0 Å². The summed E-state index contributed by atoms with van der Waals surface area (Å²) >= 11 is 0. The molecule has 1 aliphatic carbocycles. The summed E-state index contributed by atoms with van der Waals surface area (Å²) in [4.78, 5) is 2.55. The van der Waals surface area contributed by atoms with Crippen molar-refractivity contribution >= 4 is 0 Å². The van der Waals surface area contributed by atoms with Gasteiger partial charge in [-0.05, 0) is 31.7 Å². The van der Waals surface area contributed by atoms with Gasteiger partial charge in [-0.3, -0.25) is 4.90 Å². The number of rotatable bonds is 6. The van der Waals surface area contributed by atoms with Crippen molar-refractivity contribution in [3.05, 3.63) is 12.2 Å². The predicted molar refractivity (Wildman–Crippen MR) is 79.3 cm³/mol. The lowest BCUT2D eigenvalue weighted by molar-refractivity contribution is 0.171. The van der Waals surface area contributed by atoms with Crippen molar-refractivity contribution in [3.63, 3.8) is 0 Å². The van der Waals surface area contributed by atoms with Crippen LogP contribution in [0.4, 0.5) is 0 Å². The first kappa shape index (κ1) is 14.0. The molecule has 1 aromatic rings. The Labute approximate surface area is 121 Å². The van der Waals surface area contributed by atoms with Gasteiger partial charge < -0.3 is 9.88 Å². The molecule has 3 rings (SSSR count). The fourth-order valence-corrected chi connectivity index (χ4v) is 3.62. The number of hydrogen-bond acceptors (Lipinski definition) is 4. The molecule has 2 aliphatic rings. The minimum atomic E-state index is 0.659. The van der Waals surface area contributed by atoms with Gasteiger partial charge in [-0.1, -0.05) is 19.8 Å². The van der Waals surface area contributed by atoms with E-state index in [0.717, 1.165) is 44.5 Å². The molecule has 5 nitrogen and oxygen atoms in total. The summed E-state index contributed by atoms with van der Waals surface area (Å²) in [6.07, 6.45) is 8.73. The maximum Gasteiger partial charge on any atom is 0.147 e. The second-order valence-electron chi connectivity index (χ2n) is 6.28. The third kappa shape index (κ3) is 3.20. The van der Waals surface area contributed by atoms with Crippen LogP contribution in [-0.2, 0) is 13.1 Å². The van der Waals surface area contributed by atoms with Gasteiger partial charge in [-0.2, -0.15) is 0 Å². The van der Waals surface area contributed by atoms with E-state index in [9.17, 15) is 0 Å². The number of aromatic nitrogens is 3. The van der Waals surface area contributed by atoms with Gasteiger partial charge in [0.1, 0.15) is 12.2 Å². The van der Waals surface area contributed by atoms with Gasteiger partial charge in [0.25, 0.3) is 0 Å². The van der Waals surface area contributed by atoms with Crippen LogP contribution in [0.2, 0.25) is 0 Å². The summed E-state index contributed by atoms with van der Waals surface area (Å²) in [6.45, 7) is 7.68. The minimum Gasteiger partial charge on any atom is -0.315 e. The zero-order valence-corrected chi connectivity index (χ0v) is 12.6. The molecule has 0 bridgehead atoms. The van der Waals surface area contributed by atoms with E-state index in [1.54, 1.807) is 0 Å². The summed E-state index contributed by atoms with van der Waals surface area (Å²) in [5.74, 6) is 2.00. The number of nitrogens with one attached hydrogen (secondary N) is 1. The minimum absolute atomic E-state index is 0.659. The van der Waals surface area contributed by atoms with Gasteiger partial charge >= 0.3 is 0 Å². The molecular weight excluding hydrogens is 250 g/mol. The van der Waals surface area contributed by atoms with E-state index in [-0.39, 0.29) is 0 Å². The average Bonchev–Trinajstić information content (AvgIpc) is 3.13. The normalized spacial score (nSPS) is 22.1. The molecular formula is C15H27N5. The third-order valence-corrected chi connectivity index (χ3v) is 4.80. The standard InChI is InChI=1S/C15H27N5/c1-2-7-16-14(13-5-3-4-6-13)10-19-8-9-20-12-17-18-15(20)11-19/h12-14,16H,2-11H2,1H3. The van der Waals surface area contributed by atoms with E-state index in [1.807, 2.05) is 6.33 Å². The molecule has 1 atom stereocenters. The van der Waals surface area contributed by atoms with Crippen LogP contribution in [-0.4, -0.2) is 45.3 Å². The Kier molecular flexibility index (Phi) is 4.68. The van der Waals surface area contributed by atoms with Crippen molar-refractivity contribution in [2.24, 2.45) is 5.92 Å². The first-order valence-electron chi connectivity index (χ1n) is 8.19. The summed E-state index contributed by atoms with van der Waals surface area (Å²) in [5, 5.41) is 12.0. The van der Waals surface area contributed by atoms with Crippen molar-refractivity contribution in [2.45, 2.75) is 58.2 Å². The van der Waals surface area contributed by atoms with Crippen molar-refractivity contribution in [1.29, 1.82) is 0 Å². The number of fused-ring (bicyclic) bond motifs is 1. The molecule has 20 heavy (non-hydrogen) atoms. The highest BCUT2D eigenvalue weighted by atomic mass is 15.3. The highest BCUT2D eigenvalue weighted by Gasteiger charge is 2.27. The molecule has 0 saturated heterocycles. The molecule has 1 fully saturated rings. The molecule has 1 saturated carbocycles. The quantitative estimate of drug-likeness (QED) is 0.859. The Hall–Kier alpha value is -0.940. The third-order valence-electron chi connectivity index (χ3n) is 4.80. The first-order chi connectivity index (χ1) is 9.86. The van der Waals surface area contributed by atoms with Crippen LogP contribution in [0.15, 0.2) is 6.33 Å². The Balaban J connectivity index is 1.58. The highest BCUT2D eigenvalue weighted by Crippen LogP contribution is 2.28. The van der Waals surface area contributed by atoms with Gasteiger partial charge in [0.05, 0.1) is 6.54 Å². The van der Waals surface area contributed by atoms with E-state index in [2.05, 4.69) is 31.9 Å². The second-order valence-corrected chi connectivity index (χ2v) is 6.28. The van der Waals surface area contributed by atoms with E-state index >= 15 is 0 Å². The first-order valence-corrected chi connectivity index (χ1v) is 8.19. The van der Waals surface area contributed by atoms with Crippen LogP contribution in [0.25, 0.3) is 0 Å². The summed E-state index contributed by atoms with van der Waals surface area (Å²) < 4.78 is 2.18. The second kappa shape index (κ2) is 6.68. The van der Waals surface area contributed by atoms with Crippen LogP contribution in [0.5, 0.6) is 0 Å². The Bertz CT molecular complexity index is 410. The van der Waals surface area contributed by atoms with E-state index < -0.39 is 0 Å². The Morgan fingerprint density at radius 3 is 3.00 bits per heavy atom. The lowest BCUT2D eigenvalue weighted by Crippen LogP contribution is -2.47. The molecule has 2 heterocycles. The summed E-state index contributed by atoms with van der Waals surface area (Å²) in [7, 11) is 0. The van der Waals surface area contributed by atoms with Crippen molar-refractivity contribution in [1.82, 2.24) is 25.0 Å². The van der Waals surface area contributed by atoms with Crippen LogP contribution >= 0.6 is 0 Å². The van der Waals surface area contributed by atoms with Gasteiger partial charge in [-0.15, -0.1) is 10.2 Å². The summed E-state index contributed by atoms with van der Waals surface area (Å²) in [5.41, 5.74) is 0. The monoisotopic (exact) mass is 277 g/mol. The number of nitrogens with zero attached hydrogens (tertiary/aromatic N) is 4. The summed E-state index contributed by atoms with van der Waals surface area (Å²) in [6, 6.07) is 0.659.